The minimum atomic E-state index is 0.0807. The molecule has 1 aromatic carbocycles. The molecule has 2 aromatic rings. The van der Waals surface area contributed by atoms with Gasteiger partial charge in [0.05, 0.1) is 8.45 Å². The maximum Gasteiger partial charge on any atom is 0.254 e. The third-order valence-corrected chi connectivity index (χ3v) is 5.02. The van der Waals surface area contributed by atoms with Crippen LogP contribution < -0.4 is 0 Å². The van der Waals surface area contributed by atoms with Crippen LogP contribution in [0.1, 0.15) is 41.3 Å². The van der Waals surface area contributed by atoms with Gasteiger partial charge in [-0.3, -0.25) is 4.79 Å². The summed E-state index contributed by atoms with van der Waals surface area (Å²) in [5.74, 6) is 0.619. The van der Waals surface area contributed by atoms with Crippen LogP contribution in [-0.2, 0) is 6.54 Å². The molecule has 2 nitrogen and oxygen atoms in total. The van der Waals surface area contributed by atoms with Crippen LogP contribution in [0.4, 0.5) is 0 Å². The normalized spacial score (nSPS) is 10.8. The van der Waals surface area contributed by atoms with Crippen LogP contribution in [0.5, 0.6) is 0 Å². The summed E-state index contributed by atoms with van der Waals surface area (Å²) in [4.78, 5) is 14.0. The Hall–Kier alpha value is -0.880. The number of hydrogen-bond acceptors (Lipinski definition) is 2. The van der Waals surface area contributed by atoms with E-state index >= 15 is 0 Å². The van der Waals surface area contributed by atoms with E-state index in [0.717, 1.165) is 14.0 Å². The smallest absolute Gasteiger partial charge is 0.254 e. The second-order valence-electron chi connectivity index (χ2n) is 5.20. The number of benzene rings is 1. The Labute approximate surface area is 138 Å². The van der Waals surface area contributed by atoms with Crippen LogP contribution in [0.25, 0.3) is 0 Å². The van der Waals surface area contributed by atoms with Gasteiger partial charge >= 0.3 is 0 Å². The fourth-order valence-corrected chi connectivity index (χ4v) is 3.32. The minimum absolute atomic E-state index is 0.0807. The predicted octanol–water partition coefficient (Wildman–Crippen LogP) is 4.75. The molecule has 106 valence electrons. The van der Waals surface area contributed by atoms with Gasteiger partial charge in [0, 0.05) is 19.0 Å². The monoisotopic (exact) mass is 399 g/mol. The molecule has 0 bridgehead atoms. The minimum Gasteiger partial charge on any atom is -0.337 e. The number of amides is 1. The third kappa shape index (κ3) is 3.82. The molecule has 0 fully saturated rings. The van der Waals surface area contributed by atoms with Gasteiger partial charge in [-0.05, 0) is 45.7 Å². The first-order valence-corrected chi connectivity index (χ1v) is 8.51. The van der Waals surface area contributed by atoms with Gasteiger partial charge in [-0.2, -0.15) is 0 Å². The summed E-state index contributed by atoms with van der Waals surface area (Å²) in [7, 11) is 1.85. The van der Waals surface area contributed by atoms with Crippen LogP contribution in [0.3, 0.4) is 0 Å². The van der Waals surface area contributed by atoms with E-state index in [-0.39, 0.29) is 5.91 Å². The van der Waals surface area contributed by atoms with Gasteiger partial charge in [0.15, 0.2) is 0 Å². The molecule has 0 atom stereocenters. The Bertz CT molecular complexity index is 589. The summed E-state index contributed by atoms with van der Waals surface area (Å²) >= 11 is 3.84. The summed E-state index contributed by atoms with van der Waals surface area (Å²) in [6, 6.07) is 10.4. The molecule has 0 aliphatic heterocycles. The highest BCUT2D eigenvalue weighted by atomic mass is 127. The van der Waals surface area contributed by atoms with Gasteiger partial charge in [0.1, 0.15) is 0 Å². The van der Waals surface area contributed by atoms with E-state index in [4.69, 9.17) is 0 Å². The zero-order valence-corrected chi connectivity index (χ0v) is 14.9. The van der Waals surface area contributed by atoms with Crippen molar-refractivity contribution in [2.24, 2.45) is 0 Å². The van der Waals surface area contributed by atoms with Crippen molar-refractivity contribution in [1.82, 2.24) is 4.90 Å². The molecule has 1 amide bonds. The summed E-state index contributed by atoms with van der Waals surface area (Å²) < 4.78 is 1.14. The molecule has 0 N–H and O–H groups in total. The SMILES string of the molecule is CC(C)c1ccc(CN(C)C(=O)c2csc(I)c2)cc1. The molecule has 20 heavy (non-hydrogen) atoms. The van der Waals surface area contributed by atoms with Crippen molar-refractivity contribution in [2.75, 3.05) is 7.05 Å². The lowest BCUT2D eigenvalue weighted by atomic mass is 10.0. The molecular formula is C16H18INOS. The number of nitrogens with zero attached hydrogens (tertiary/aromatic N) is 1. The van der Waals surface area contributed by atoms with Crippen molar-refractivity contribution < 1.29 is 4.79 Å². The van der Waals surface area contributed by atoms with Gasteiger partial charge in [0.25, 0.3) is 5.91 Å². The largest absolute Gasteiger partial charge is 0.337 e. The zero-order valence-electron chi connectivity index (χ0n) is 11.9. The molecule has 0 saturated heterocycles. The molecule has 4 heteroatoms. The van der Waals surface area contributed by atoms with Crippen LogP contribution in [0.2, 0.25) is 0 Å². The van der Waals surface area contributed by atoms with Crippen molar-refractivity contribution in [2.45, 2.75) is 26.3 Å². The first kappa shape index (κ1) is 15.5. The first-order chi connectivity index (χ1) is 9.47. The number of carbonyl (C=O) groups is 1. The van der Waals surface area contributed by atoms with Gasteiger partial charge in [-0.15, -0.1) is 11.3 Å². The molecule has 1 aromatic heterocycles. The van der Waals surface area contributed by atoms with Gasteiger partial charge in [-0.25, -0.2) is 0 Å². The van der Waals surface area contributed by atoms with Gasteiger partial charge in [0.2, 0.25) is 0 Å². The number of halogens is 1. The standard InChI is InChI=1S/C16H18INOS/c1-11(2)13-6-4-12(5-7-13)9-18(3)16(19)14-8-15(17)20-10-14/h4-8,10-11H,9H2,1-3H3. The Morgan fingerprint density at radius 3 is 2.45 bits per heavy atom. The molecule has 0 unspecified atom stereocenters. The second-order valence-corrected chi connectivity index (χ2v) is 8.00. The van der Waals surface area contributed by atoms with Crippen molar-refractivity contribution in [3.8, 4) is 0 Å². The van der Waals surface area contributed by atoms with E-state index in [0.29, 0.717) is 12.5 Å². The van der Waals surface area contributed by atoms with Crippen LogP contribution >= 0.6 is 33.9 Å². The molecule has 0 saturated carbocycles. The Kier molecular flexibility index (Phi) is 5.21. The Morgan fingerprint density at radius 2 is 1.95 bits per heavy atom. The predicted molar refractivity (Wildman–Crippen MR) is 93.4 cm³/mol. The van der Waals surface area contributed by atoms with Crippen LogP contribution in [-0.4, -0.2) is 17.9 Å². The lowest BCUT2D eigenvalue weighted by molar-refractivity contribution is 0.0785. The van der Waals surface area contributed by atoms with Crippen LogP contribution in [0.15, 0.2) is 35.7 Å². The topological polar surface area (TPSA) is 20.3 Å². The number of hydrogen-bond donors (Lipinski definition) is 0. The van der Waals surface area contributed by atoms with Crippen molar-refractivity contribution in [1.29, 1.82) is 0 Å². The molecule has 0 radical (unpaired) electrons. The lowest BCUT2D eigenvalue weighted by Gasteiger charge is -2.17. The fourth-order valence-electron chi connectivity index (χ4n) is 2.00. The van der Waals surface area contributed by atoms with E-state index in [2.05, 4.69) is 60.7 Å². The number of carbonyl (C=O) groups excluding carboxylic acids is 1. The zero-order chi connectivity index (χ0) is 14.7. The Balaban J connectivity index is 2.03. The molecular weight excluding hydrogens is 381 g/mol. The Morgan fingerprint density at radius 1 is 1.30 bits per heavy atom. The highest BCUT2D eigenvalue weighted by Gasteiger charge is 2.13. The fraction of sp³-hybridized carbons (Fsp3) is 0.312. The first-order valence-electron chi connectivity index (χ1n) is 6.55. The van der Waals surface area contributed by atoms with E-state index < -0.39 is 0 Å². The molecule has 2 rings (SSSR count). The summed E-state index contributed by atoms with van der Waals surface area (Å²) in [5.41, 5.74) is 3.27. The maximum absolute atomic E-state index is 12.3. The highest BCUT2D eigenvalue weighted by Crippen LogP contribution is 2.19. The van der Waals surface area contributed by atoms with E-state index in [9.17, 15) is 4.79 Å². The second kappa shape index (κ2) is 6.72. The van der Waals surface area contributed by atoms with Crippen molar-refractivity contribution in [3.63, 3.8) is 0 Å². The van der Waals surface area contributed by atoms with E-state index in [1.807, 2.05) is 18.5 Å². The molecule has 0 spiro atoms. The van der Waals surface area contributed by atoms with Crippen molar-refractivity contribution in [3.05, 3.63) is 55.3 Å². The average Bonchev–Trinajstić information content (AvgIpc) is 2.85. The third-order valence-electron chi connectivity index (χ3n) is 3.23. The maximum atomic E-state index is 12.3. The van der Waals surface area contributed by atoms with Gasteiger partial charge in [-0.1, -0.05) is 38.1 Å². The highest BCUT2D eigenvalue weighted by molar-refractivity contribution is 14.1. The quantitative estimate of drug-likeness (QED) is 0.680. The van der Waals surface area contributed by atoms with E-state index in [1.54, 1.807) is 16.2 Å². The summed E-state index contributed by atoms with van der Waals surface area (Å²) in [5, 5.41) is 1.92. The molecule has 1 heterocycles. The lowest BCUT2D eigenvalue weighted by Crippen LogP contribution is -2.25. The molecule has 0 aliphatic rings. The summed E-state index contributed by atoms with van der Waals surface area (Å²) in [6.07, 6.45) is 0. The van der Waals surface area contributed by atoms with E-state index in [1.165, 1.54) is 5.56 Å². The number of thiophene rings is 1. The number of rotatable bonds is 4. The van der Waals surface area contributed by atoms with Gasteiger partial charge < -0.3 is 4.90 Å². The van der Waals surface area contributed by atoms with Crippen molar-refractivity contribution >= 4 is 39.8 Å². The average molecular weight is 399 g/mol. The van der Waals surface area contributed by atoms with Crippen LogP contribution in [0, 0.1) is 2.88 Å². The molecule has 0 aliphatic carbocycles. The summed E-state index contributed by atoms with van der Waals surface area (Å²) in [6.45, 7) is 5.01.